The summed E-state index contributed by atoms with van der Waals surface area (Å²) in [6.07, 6.45) is -3.70. The van der Waals surface area contributed by atoms with Crippen LogP contribution < -0.4 is 10.0 Å². The fourth-order valence-electron chi connectivity index (χ4n) is 8.49. The van der Waals surface area contributed by atoms with Gasteiger partial charge in [-0.1, -0.05) is 23.6 Å². The molecule has 22 heteroatoms. The lowest BCUT2D eigenvalue weighted by Crippen LogP contribution is -2.36. The number of aryl methyl sites for hydroxylation is 1. The van der Waals surface area contributed by atoms with Gasteiger partial charge in [-0.3, -0.25) is 23.7 Å². The zero-order valence-corrected chi connectivity index (χ0v) is 34.1. The van der Waals surface area contributed by atoms with E-state index < -0.39 is 106 Å². The first-order valence-corrected chi connectivity index (χ1v) is 21.3. The van der Waals surface area contributed by atoms with Crippen LogP contribution in [-0.2, 0) is 51.7 Å². The number of alkyl halides is 5. The highest BCUT2D eigenvalue weighted by Crippen LogP contribution is 2.68. The maximum absolute atomic E-state index is 15.5. The molecule has 1 saturated heterocycles. The topological polar surface area (TPSA) is 164 Å². The molecular weight excluding hydrogens is 873 g/mol. The molecule has 4 heterocycles. The van der Waals surface area contributed by atoms with Crippen LogP contribution in [0.4, 0.5) is 36.6 Å². The summed E-state index contributed by atoms with van der Waals surface area (Å²) in [4.78, 5) is 32.6. The fourth-order valence-corrected chi connectivity index (χ4v) is 9.23. The van der Waals surface area contributed by atoms with Gasteiger partial charge in [0.05, 0.1) is 40.0 Å². The Morgan fingerprint density at radius 2 is 1.79 bits per heavy atom. The molecular formula is C40H34ClF7N8O5S. The van der Waals surface area contributed by atoms with Gasteiger partial charge >= 0.3 is 6.18 Å². The Morgan fingerprint density at radius 1 is 1.08 bits per heavy atom. The van der Waals surface area contributed by atoms with Gasteiger partial charge in [0.15, 0.2) is 11.5 Å². The van der Waals surface area contributed by atoms with Gasteiger partial charge < -0.3 is 15.3 Å². The first kappa shape index (κ1) is 42.9. The molecule has 3 aliphatic rings. The predicted molar refractivity (Wildman–Crippen MR) is 209 cm³/mol. The lowest BCUT2D eigenvalue weighted by molar-refractivity contribution is -0.142. The number of amides is 2. The second-order valence-corrected chi connectivity index (χ2v) is 17.6. The Hall–Kier alpha value is -5.72. The van der Waals surface area contributed by atoms with Crippen molar-refractivity contribution in [3.63, 3.8) is 0 Å². The van der Waals surface area contributed by atoms with Gasteiger partial charge in [-0.2, -0.15) is 32.1 Å². The van der Waals surface area contributed by atoms with E-state index in [1.807, 2.05) is 0 Å². The van der Waals surface area contributed by atoms with Crippen molar-refractivity contribution < 1.29 is 53.8 Å². The number of aliphatic hydroxyl groups excluding tert-OH is 1. The Bertz CT molecular complexity index is 2840. The van der Waals surface area contributed by atoms with Crippen LogP contribution in [0.25, 0.3) is 22.0 Å². The lowest BCUT2D eigenvalue weighted by atomic mass is 9.93. The molecule has 5 aromatic rings. The third-order valence-corrected chi connectivity index (χ3v) is 11.9. The molecule has 2 aromatic carbocycles. The van der Waals surface area contributed by atoms with Crippen molar-refractivity contribution in [1.82, 2.24) is 34.8 Å². The fraction of sp³-hybridized carbons (Fsp3) is 0.375. The quantitative estimate of drug-likeness (QED) is 0.117. The molecule has 1 saturated carbocycles. The normalized spacial score (nSPS) is 19.5. The number of sulfonamides is 1. The van der Waals surface area contributed by atoms with Crippen LogP contribution in [0.15, 0.2) is 42.5 Å². The van der Waals surface area contributed by atoms with Gasteiger partial charge in [0.2, 0.25) is 21.8 Å². The van der Waals surface area contributed by atoms with E-state index >= 15 is 8.78 Å². The minimum Gasteiger partial charge on any atom is -0.387 e. The molecule has 1 unspecified atom stereocenters. The third kappa shape index (κ3) is 8.06. The summed E-state index contributed by atoms with van der Waals surface area (Å²) >= 11 is 6.60. The lowest BCUT2D eigenvalue weighted by Gasteiger charge is -2.23. The van der Waals surface area contributed by atoms with Crippen LogP contribution >= 0.6 is 11.6 Å². The van der Waals surface area contributed by atoms with Gasteiger partial charge in [0.1, 0.15) is 36.2 Å². The number of anilines is 1. The van der Waals surface area contributed by atoms with Crippen molar-refractivity contribution in [2.45, 2.75) is 62.3 Å². The number of pyridine rings is 1. The van der Waals surface area contributed by atoms with Crippen LogP contribution in [0.2, 0.25) is 5.02 Å². The number of aromatic nitrogens is 5. The molecule has 2 amide bonds. The number of aliphatic hydroxyl groups is 1. The summed E-state index contributed by atoms with van der Waals surface area (Å²) in [6.45, 7) is -1.50. The van der Waals surface area contributed by atoms with Crippen LogP contribution in [-0.4, -0.2) is 80.2 Å². The molecule has 62 heavy (non-hydrogen) atoms. The highest BCUT2D eigenvalue weighted by Gasteiger charge is 2.68. The molecule has 2 fully saturated rings. The van der Waals surface area contributed by atoms with E-state index in [1.54, 1.807) is 6.07 Å². The van der Waals surface area contributed by atoms with Crippen LogP contribution in [0.1, 0.15) is 65.1 Å². The van der Waals surface area contributed by atoms with E-state index in [9.17, 15) is 45.1 Å². The number of nitrogens with zero attached hydrogens (tertiary/aromatic N) is 6. The number of halogens is 8. The number of hydrogen-bond acceptors (Lipinski definition) is 8. The van der Waals surface area contributed by atoms with E-state index in [0.29, 0.717) is 35.7 Å². The number of carbonyl (C=O) groups excluding carboxylic acids is 2. The summed E-state index contributed by atoms with van der Waals surface area (Å²) in [5.74, 6) is -4.02. The average Bonchev–Trinajstić information content (AvgIpc) is 3.40. The Balaban J connectivity index is 1.28. The van der Waals surface area contributed by atoms with Crippen molar-refractivity contribution >= 4 is 50.2 Å². The second-order valence-electron chi connectivity index (χ2n) is 15.4. The number of carbonyl (C=O) groups is 2. The number of nitrogens with one attached hydrogen (secondary N) is 2. The van der Waals surface area contributed by atoms with Crippen LogP contribution in [0.5, 0.6) is 0 Å². The average molecular weight is 907 g/mol. The second kappa shape index (κ2) is 15.6. The Morgan fingerprint density at radius 3 is 2.47 bits per heavy atom. The van der Waals surface area contributed by atoms with E-state index in [1.165, 1.54) is 34.8 Å². The molecule has 326 valence electrons. The summed E-state index contributed by atoms with van der Waals surface area (Å²) in [5, 5.41) is 20.1. The van der Waals surface area contributed by atoms with Crippen molar-refractivity contribution in [3.8, 4) is 23.0 Å². The van der Waals surface area contributed by atoms with E-state index in [4.69, 9.17) is 16.6 Å². The minimum atomic E-state index is -5.10. The molecule has 3 aromatic heterocycles. The van der Waals surface area contributed by atoms with Gasteiger partial charge in [-0.05, 0) is 73.4 Å². The first-order chi connectivity index (χ1) is 29.1. The molecule has 4 atom stereocenters. The van der Waals surface area contributed by atoms with Crippen molar-refractivity contribution in [2.24, 2.45) is 13.0 Å². The number of benzene rings is 2. The van der Waals surface area contributed by atoms with Gasteiger partial charge in [0.25, 0.3) is 5.92 Å². The molecule has 0 radical (unpaired) electrons. The molecule has 3 N–H and O–H groups in total. The standard InChI is InChI=1S/C40H34ClF7N8O5S/c1-54-35-25(9-10-28(41)33(35)38(52-54)53-62(2,60)61)24-8-6-22(5-7-23-4-3-11-55(23)31(59)18-57)49-34(24)29(14-19-12-20(42)15-21(43)13-19)50-30(58)17-56-37-32(36(51-56)40(46,47)48)26-16-27(26)39(37,44)45/h6,8-10,12-13,15,23,26-27,29,57H,3-4,11,14,16-18H2,1-2H3,(H,50,58)(H,52,53)/t23?,26-,27+,29-/m0/s1. The van der Waals surface area contributed by atoms with Gasteiger partial charge in [0, 0.05) is 42.3 Å². The maximum atomic E-state index is 15.5. The van der Waals surface area contributed by atoms with Crippen LogP contribution in [0.3, 0.4) is 0 Å². The molecule has 0 bridgehead atoms. The van der Waals surface area contributed by atoms with Crippen molar-refractivity contribution in [3.05, 3.63) is 93.0 Å². The smallest absolute Gasteiger partial charge is 0.387 e. The van der Waals surface area contributed by atoms with Crippen LogP contribution in [0, 0.1) is 29.4 Å². The predicted octanol–water partition coefficient (Wildman–Crippen LogP) is 5.80. The number of hydrogen-bond donors (Lipinski definition) is 3. The first-order valence-electron chi connectivity index (χ1n) is 19.0. The van der Waals surface area contributed by atoms with E-state index in [0.717, 1.165) is 18.4 Å². The summed E-state index contributed by atoms with van der Waals surface area (Å²) in [7, 11) is -2.38. The van der Waals surface area contributed by atoms with Crippen molar-refractivity contribution in [2.75, 3.05) is 24.1 Å². The number of likely N-dealkylation sites (tertiary alicyclic amines) is 1. The Labute approximate surface area is 353 Å². The largest absolute Gasteiger partial charge is 0.435 e. The maximum Gasteiger partial charge on any atom is 0.435 e. The zero-order valence-electron chi connectivity index (χ0n) is 32.5. The molecule has 2 aliphatic carbocycles. The van der Waals surface area contributed by atoms with E-state index in [2.05, 4.69) is 32.1 Å². The number of fused-ring (bicyclic) bond motifs is 4. The monoisotopic (exact) mass is 906 g/mol. The van der Waals surface area contributed by atoms with Gasteiger partial charge in [-0.25, -0.2) is 22.2 Å². The highest BCUT2D eigenvalue weighted by molar-refractivity contribution is 7.92. The molecule has 1 aliphatic heterocycles. The van der Waals surface area contributed by atoms with Gasteiger partial charge in [-0.15, -0.1) is 0 Å². The summed E-state index contributed by atoms with van der Waals surface area (Å²) < 4.78 is 131. The molecule has 8 rings (SSSR count). The number of rotatable bonds is 10. The highest BCUT2D eigenvalue weighted by atomic mass is 35.5. The van der Waals surface area contributed by atoms with E-state index in [-0.39, 0.29) is 50.7 Å². The summed E-state index contributed by atoms with van der Waals surface area (Å²) in [5.41, 5.74) is -2.43. The SMILES string of the molecule is Cn1nc(NS(C)(=O)=O)c2c(Cl)ccc(-c3ccc(C#CC4CCCN4C(=O)CO)nc3[C@H](Cc3cc(F)cc(F)c3)NC(=O)Cn3nc(C(F)(F)F)c4c3C(F)(F)[C@@H]3C[C@H]43)c21. The third-order valence-electron chi connectivity index (χ3n) is 11.0. The zero-order chi connectivity index (χ0) is 44.6. The molecule has 13 nitrogen and oxygen atoms in total. The Kier molecular flexibility index (Phi) is 10.8. The van der Waals surface area contributed by atoms with Crippen molar-refractivity contribution in [1.29, 1.82) is 0 Å². The minimum absolute atomic E-state index is 0.0199. The summed E-state index contributed by atoms with van der Waals surface area (Å²) in [6, 6.07) is 6.55. The molecule has 0 spiro atoms.